The first kappa shape index (κ1) is 17.4. The van der Waals surface area contributed by atoms with E-state index in [2.05, 4.69) is 72.5 Å². The molecule has 0 atom stereocenters. The molecule has 130 valence electrons. The third-order valence-electron chi connectivity index (χ3n) is 4.67. The Morgan fingerprint density at radius 3 is 2.32 bits per heavy atom. The van der Waals surface area contributed by atoms with Gasteiger partial charge in [0.2, 0.25) is 5.91 Å². The van der Waals surface area contributed by atoms with Crippen molar-refractivity contribution < 1.29 is 4.79 Å². The lowest BCUT2D eigenvalue weighted by Gasteiger charge is -2.34. The molecular weight excluding hydrogens is 308 g/mol. The van der Waals surface area contributed by atoms with Crippen molar-refractivity contribution >= 4 is 12.0 Å². The minimum atomic E-state index is 0.239. The Bertz CT molecular complexity index is 699. The number of hydrogen-bond acceptors (Lipinski definition) is 2. The molecule has 2 aromatic carbocycles. The van der Waals surface area contributed by atoms with Gasteiger partial charge in [0, 0.05) is 32.7 Å². The Hall–Kier alpha value is -2.39. The third kappa shape index (κ3) is 5.30. The van der Waals surface area contributed by atoms with Crippen molar-refractivity contribution in [3.05, 3.63) is 77.4 Å². The van der Waals surface area contributed by atoms with Crippen LogP contribution in [0.5, 0.6) is 0 Å². The standard InChI is InChI=1S/C22H26N2O/c1-19-9-11-21(12-10-19)18-22(25)24-16-14-23(15-17-24)13-5-8-20-6-3-2-4-7-20/h2-12H,13-18H2,1H3/b8-5+. The maximum absolute atomic E-state index is 12.5. The minimum absolute atomic E-state index is 0.239. The number of hydrogen-bond donors (Lipinski definition) is 0. The van der Waals surface area contributed by atoms with Gasteiger partial charge in [-0.1, -0.05) is 72.3 Å². The molecule has 1 saturated heterocycles. The predicted octanol–water partition coefficient (Wildman–Crippen LogP) is 3.40. The molecule has 1 aliphatic rings. The topological polar surface area (TPSA) is 23.6 Å². The molecule has 2 aromatic rings. The molecule has 1 amide bonds. The van der Waals surface area contributed by atoms with E-state index in [0.717, 1.165) is 38.3 Å². The molecule has 3 rings (SSSR count). The number of amides is 1. The van der Waals surface area contributed by atoms with Crippen LogP contribution >= 0.6 is 0 Å². The van der Waals surface area contributed by atoms with Crippen molar-refractivity contribution in [1.29, 1.82) is 0 Å². The molecule has 3 heteroatoms. The van der Waals surface area contributed by atoms with E-state index in [4.69, 9.17) is 0 Å². The predicted molar refractivity (Wildman–Crippen MR) is 103 cm³/mol. The summed E-state index contributed by atoms with van der Waals surface area (Å²) >= 11 is 0. The maximum Gasteiger partial charge on any atom is 0.227 e. The van der Waals surface area contributed by atoms with Gasteiger partial charge in [0.15, 0.2) is 0 Å². The third-order valence-corrected chi connectivity index (χ3v) is 4.67. The van der Waals surface area contributed by atoms with Crippen LogP contribution in [0.15, 0.2) is 60.7 Å². The van der Waals surface area contributed by atoms with Crippen LogP contribution in [0.2, 0.25) is 0 Å². The van der Waals surface area contributed by atoms with Crippen LogP contribution in [-0.2, 0) is 11.2 Å². The van der Waals surface area contributed by atoms with E-state index in [0.29, 0.717) is 6.42 Å². The lowest BCUT2D eigenvalue weighted by Crippen LogP contribution is -2.49. The highest BCUT2D eigenvalue weighted by atomic mass is 16.2. The largest absolute Gasteiger partial charge is 0.340 e. The summed E-state index contributed by atoms with van der Waals surface area (Å²) in [4.78, 5) is 16.8. The van der Waals surface area contributed by atoms with Gasteiger partial charge in [-0.15, -0.1) is 0 Å². The van der Waals surface area contributed by atoms with Crippen LogP contribution < -0.4 is 0 Å². The van der Waals surface area contributed by atoms with E-state index in [-0.39, 0.29) is 5.91 Å². The summed E-state index contributed by atoms with van der Waals surface area (Å²) in [5.74, 6) is 0.239. The molecule has 0 aliphatic carbocycles. The van der Waals surface area contributed by atoms with E-state index >= 15 is 0 Å². The second-order valence-electron chi connectivity index (χ2n) is 6.66. The van der Waals surface area contributed by atoms with Crippen molar-refractivity contribution in [2.45, 2.75) is 13.3 Å². The number of piperazine rings is 1. The molecule has 1 aliphatic heterocycles. The monoisotopic (exact) mass is 334 g/mol. The van der Waals surface area contributed by atoms with E-state index in [1.54, 1.807) is 0 Å². The fraction of sp³-hybridized carbons (Fsp3) is 0.318. The van der Waals surface area contributed by atoms with E-state index in [9.17, 15) is 4.79 Å². The van der Waals surface area contributed by atoms with Gasteiger partial charge in [0.25, 0.3) is 0 Å². The van der Waals surface area contributed by atoms with Gasteiger partial charge < -0.3 is 4.90 Å². The van der Waals surface area contributed by atoms with Crippen LogP contribution in [0.25, 0.3) is 6.08 Å². The molecular formula is C22H26N2O. The molecule has 25 heavy (non-hydrogen) atoms. The Kier molecular flexibility index (Phi) is 6.02. The molecule has 0 saturated carbocycles. The van der Waals surface area contributed by atoms with Gasteiger partial charge in [-0.05, 0) is 18.1 Å². The van der Waals surface area contributed by atoms with E-state index in [1.807, 2.05) is 11.0 Å². The van der Waals surface area contributed by atoms with E-state index < -0.39 is 0 Å². The van der Waals surface area contributed by atoms with Gasteiger partial charge >= 0.3 is 0 Å². The van der Waals surface area contributed by atoms with Crippen LogP contribution in [0, 0.1) is 6.92 Å². The Morgan fingerprint density at radius 2 is 1.64 bits per heavy atom. The van der Waals surface area contributed by atoms with Crippen molar-refractivity contribution in [1.82, 2.24) is 9.80 Å². The first-order valence-electron chi connectivity index (χ1n) is 8.98. The summed E-state index contributed by atoms with van der Waals surface area (Å²) in [6.07, 6.45) is 4.88. The van der Waals surface area contributed by atoms with Crippen LogP contribution in [0.1, 0.15) is 16.7 Å². The van der Waals surface area contributed by atoms with E-state index in [1.165, 1.54) is 11.1 Å². The molecule has 0 bridgehead atoms. The minimum Gasteiger partial charge on any atom is -0.340 e. The lowest BCUT2D eigenvalue weighted by atomic mass is 10.1. The van der Waals surface area contributed by atoms with Gasteiger partial charge in [0.05, 0.1) is 6.42 Å². The van der Waals surface area contributed by atoms with Gasteiger partial charge in [-0.3, -0.25) is 9.69 Å². The number of rotatable bonds is 5. The maximum atomic E-state index is 12.5. The second-order valence-corrected chi connectivity index (χ2v) is 6.66. The van der Waals surface area contributed by atoms with Gasteiger partial charge in [0.1, 0.15) is 0 Å². The average molecular weight is 334 g/mol. The summed E-state index contributed by atoms with van der Waals surface area (Å²) in [6.45, 7) is 6.54. The first-order chi connectivity index (χ1) is 12.2. The summed E-state index contributed by atoms with van der Waals surface area (Å²) in [6, 6.07) is 18.6. The molecule has 0 unspecified atom stereocenters. The summed E-state index contributed by atoms with van der Waals surface area (Å²) in [7, 11) is 0. The average Bonchev–Trinajstić information content (AvgIpc) is 2.65. The zero-order chi connectivity index (χ0) is 17.5. The highest BCUT2D eigenvalue weighted by Crippen LogP contribution is 2.09. The van der Waals surface area contributed by atoms with Crippen LogP contribution in [0.4, 0.5) is 0 Å². The van der Waals surface area contributed by atoms with Gasteiger partial charge in [-0.25, -0.2) is 0 Å². The molecule has 0 N–H and O–H groups in total. The zero-order valence-electron chi connectivity index (χ0n) is 14.9. The quantitative estimate of drug-likeness (QED) is 0.837. The van der Waals surface area contributed by atoms with Crippen molar-refractivity contribution in [2.75, 3.05) is 32.7 Å². The highest BCUT2D eigenvalue weighted by Gasteiger charge is 2.20. The van der Waals surface area contributed by atoms with Crippen molar-refractivity contribution in [3.8, 4) is 0 Å². The van der Waals surface area contributed by atoms with Crippen LogP contribution in [-0.4, -0.2) is 48.4 Å². The number of benzene rings is 2. The molecule has 1 fully saturated rings. The number of aryl methyl sites for hydroxylation is 1. The Morgan fingerprint density at radius 1 is 0.960 bits per heavy atom. The fourth-order valence-corrected chi connectivity index (χ4v) is 3.07. The number of nitrogens with zero attached hydrogens (tertiary/aromatic N) is 2. The smallest absolute Gasteiger partial charge is 0.227 e. The SMILES string of the molecule is Cc1ccc(CC(=O)N2CCN(C/C=C/c3ccccc3)CC2)cc1. The van der Waals surface area contributed by atoms with Crippen molar-refractivity contribution in [3.63, 3.8) is 0 Å². The second kappa shape index (κ2) is 8.63. The zero-order valence-corrected chi connectivity index (χ0v) is 14.9. The highest BCUT2D eigenvalue weighted by molar-refractivity contribution is 5.78. The summed E-state index contributed by atoms with van der Waals surface area (Å²) in [5, 5.41) is 0. The molecule has 0 radical (unpaired) electrons. The van der Waals surface area contributed by atoms with Crippen molar-refractivity contribution in [2.24, 2.45) is 0 Å². The van der Waals surface area contributed by atoms with Crippen LogP contribution in [0.3, 0.4) is 0 Å². The molecule has 1 heterocycles. The molecule has 0 spiro atoms. The molecule has 3 nitrogen and oxygen atoms in total. The Balaban J connectivity index is 1.42. The Labute approximate surface area is 150 Å². The fourth-order valence-electron chi connectivity index (χ4n) is 3.07. The summed E-state index contributed by atoms with van der Waals surface area (Å²) < 4.78 is 0. The van der Waals surface area contributed by atoms with Gasteiger partial charge in [-0.2, -0.15) is 0 Å². The molecule has 0 aromatic heterocycles. The lowest BCUT2D eigenvalue weighted by molar-refractivity contribution is -0.132. The number of carbonyl (C=O) groups is 1. The first-order valence-corrected chi connectivity index (χ1v) is 8.98. The summed E-state index contributed by atoms with van der Waals surface area (Å²) in [5.41, 5.74) is 3.56. The number of carbonyl (C=O) groups excluding carboxylic acids is 1. The normalized spacial score (nSPS) is 15.6.